The standard InChI is InChI=1S/C14H25N3O3/c1-10(13(18)15-2)16-8-5-11(6-9-16)17-7-3-4-12(17)14(19)20/h10-12H,3-9H2,1-2H3,(H,15,18)(H,19,20). The highest BCUT2D eigenvalue weighted by atomic mass is 16.4. The Bertz CT molecular complexity index is 367. The number of carboxylic acid groups (broad SMARTS) is 1. The number of piperidine rings is 1. The van der Waals surface area contributed by atoms with E-state index < -0.39 is 5.97 Å². The van der Waals surface area contributed by atoms with Crippen LogP contribution in [0, 0.1) is 0 Å². The van der Waals surface area contributed by atoms with Crippen LogP contribution in [-0.4, -0.2) is 71.6 Å². The second-order valence-electron chi connectivity index (χ2n) is 5.79. The Kier molecular flexibility index (Phi) is 4.99. The van der Waals surface area contributed by atoms with Crippen LogP contribution in [-0.2, 0) is 9.59 Å². The van der Waals surface area contributed by atoms with Crippen molar-refractivity contribution >= 4 is 11.9 Å². The second-order valence-corrected chi connectivity index (χ2v) is 5.79. The number of likely N-dealkylation sites (N-methyl/N-ethyl adjacent to an activating group) is 1. The lowest BCUT2D eigenvalue weighted by Crippen LogP contribution is -2.53. The molecule has 2 aliphatic rings. The predicted octanol–water partition coefficient (Wildman–Crippen LogP) is 0.134. The summed E-state index contributed by atoms with van der Waals surface area (Å²) in [5.74, 6) is -0.642. The maximum atomic E-state index is 11.6. The average Bonchev–Trinajstić information content (AvgIpc) is 2.95. The quantitative estimate of drug-likeness (QED) is 0.767. The summed E-state index contributed by atoms with van der Waals surface area (Å²) in [6.45, 7) is 4.55. The van der Waals surface area contributed by atoms with Crippen molar-refractivity contribution in [3.05, 3.63) is 0 Å². The lowest BCUT2D eigenvalue weighted by Gasteiger charge is -2.40. The van der Waals surface area contributed by atoms with Crippen LogP contribution in [0.25, 0.3) is 0 Å². The SMILES string of the molecule is CNC(=O)C(C)N1CCC(N2CCCC2C(=O)O)CC1. The van der Waals surface area contributed by atoms with Gasteiger partial charge in [-0.2, -0.15) is 0 Å². The van der Waals surface area contributed by atoms with E-state index in [1.54, 1.807) is 7.05 Å². The Hall–Kier alpha value is -1.14. The first-order chi connectivity index (χ1) is 9.54. The number of carboxylic acids is 1. The molecule has 0 saturated carbocycles. The van der Waals surface area contributed by atoms with Crippen LogP contribution in [0.5, 0.6) is 0 Å². The number of hydrogen-bond donors (Lipinski definition) is 2. The summed E-state index contributed by atoms with van der Waals surface area (Å²) >= 11 is 0. The lowest BCUT2D eigenvalue weighted by atomic mass is 10.0. The fraction of sp³-hybridized carbons (Fsp3) is 0.857. The molecule has 0 radical (unpaired) electrons. The van der Waals surface area contributed by atoms with Gasteiger partial charge < -0.3 is 10.4 Å². The topological polar surface area (TPSA) is 72.9 Å². The number of likely N-dealkylation sites (tertiary alicyclic amines) is 2. The van der Waals surface area contributed by atoms with Gasteiger partial charge in [0.15, 0.2) is 0 Å². The Morgan fingerprint density at radius 1 is 1.20 bits per heavy atom. The smallest absolute Gasteiger partial charge is 0.320 e. The Morgan fingerprint density at radius 3 is 2.40 bits per heavy atom. The molecule has 2 saturated heterocycles. The zero-order valence-corrected chi connectivity index (χ0v) is 12.3. The highest BCUT2D eigenvalue weighted by Crippen LogP contribution is 2.26. The molecule has 114 valence electrons. The Morgan fingerprint density at radius 2 is 1.85 bits per heavy atom. The molecule has 6 heteroatoms. The van der Waals surface area contributed by atoms with Crippen LogP contribution in [0.2, 0.25) is 0 Å². The normalized spacial score (nSPS) is 27.4. The fourth-order valence-corrected chi connectivity index (χ4v) is 3.47. The molecule has 2 rings (SSSR count). The maximum absolute atomic E-state index is 11.6. The van der Waals surface area contributed by atoms with Crippen LogP contribution >= 0.6 is 0 Å². The van der Waals surface area contributed by atoms with Gasteiger partial charge in [0.2, 0.25) is 5.91 Å². The minimum atomic E-state index is -0.691. The van der Waals surface area contributed by atoms with Gasteiger partial charge >= 0.3 is 5.97 Å². The first-order valence-electron chi connectivity index (χ1n) is 7.48. The molecule has 6 nitrogen and oxygen atoms in total. The maximum Gasteiger partial charge on any atom is 0.320 e. The van der Waals surface area contributed by atoms with Crippen molar-refractivity contribution in [1.82, 2.24) is 15.1 Å². The number of carbonyl (C=O) groups is 2. The third kappa shape index (κ3) is 3.12. The molecule has 2 atom stereocenters. The lowest BCUT2D eigenvalue weighted by molar-refractivity contribution is -0.143. The molecule has 0 bridgehead atoms. The molecule has 2 heterocycles. The van der Waals surface area contributed by atoms with E-state index in [4.69, 9.17) is 0 Å². The van der Waals surface area contributed by atoms with Crippen molar-refractivity contribution in [2.45, 2.75) is 50.7 Å². The molecule has 1 amide bonds. The van der Waals surface area contributed by atoms with Gasteiger partial charge in [0.1, 0.15) is 6.04 Å². The second kappa shape index (κ2) is 6.54. The monoisotopic (exact) mass is 283 g/mol. The van der Waals surface area contributed by atoms with Gasteiger partial charge in [0.05, 0.1) is 6.04 Å². The molecule has 0 aromatic rings. The van der Waals surface area contributed by atoms with Gasteiger partial charge in [0.25, 0.3) is 0 Å². The van der Waals surface area contributed by atoms with Crippen molar-refractivity contribution in [3.8, 4) is 0 Å². The van der Waals surface area contributed by atoms with Gasteiger partial charge in [-0.05, 0) is 39.2 Å². The molecule has 2 unspecified atom stereocenters. The van der Waals surface area contributed by atoms with Crippen LogP contribution < -0.4 is 5.32 Å². The number of amides is 1. The molecule has 0 aromatic heterocycles. The first-order valence-corrected chi connectivity index (χ1v) is 7.48. The zero-order valence-electron chi connectivity index (χ0n) is 12.3. The first kappa shape index (κ1) is 15.3. The Balaban J connectivity index is 1.88. The summed E-state index contributed by atoms with van der Waals surface area (Å²) in [5.41, 5.74) is 0. The van der Waals surface area contributed by atoms with Crippen LogP contribution in [0.4, 0.5) is 0 Å². The number of nitrogens with zero attached hydrogens (tertiary/aromatic N) is 2. The summed E-state index contributed by atoms with van der Waals surface area (Å²) in [7, 11) is 1.66. The van der Waals surface area contributed by atoms with Crippen molar-refractivity contribution in [3.63, 3.8) is 0 Å². The van der Waals surface area contributed by atoms with E-state index in [1.165, 1.54) is 0 Å². The minimum absolute atomic E-state index is 0.0491. The number of nitrogens with one attached hydrogen (secondary N) is 1. The summed E-state index contributed by atoms with van der Waals surface area (Å²) in [6.07, 6.45) is 3.65. The van der Waals surface area contributed by atoms with E-state index >= 15 is 0 Å². The molecule has 2 fully saturated rings. The van der Waals surface area contributed by atoms with E-state index in [2.05, 4.69) is 15.1 Å². The number of hydrogen-bond acceptors (Lipinski definition) is 4. The van der Waals surface area contributed by atoms with E-state index in [1.807, 2.05) is 6.92 Å². The highest BCUT2D eigenvalue weighted by molar-refractivity contribution is 5.80. The largest absolute Gasteiger partial charge is 0.480 e. The number of rotatable bonds is 4. The predicted molar refractivity (Wildman–Crippen MR) is 75.5 cm³/mol. The number of aliphatic carboxylic acids is 1. The van der Waals surface area contributed by atoms with Crippen LogP contribution in [0.1, 0.15) is 32.6 Å². The summed E-state index contributed by atoms with van der Waals surface area (Å²) in [4.78, 5) is 27.2. The third-order valence-electron chi connectivity index (χ3n) is 4.72. The molecule has 0 aliphatic carbocycles. The molecule has 2 aliphatic heterocycles. The summed E-state index contributed by atoms with van der Waals surface area (Å²) in [5, 5.41) is 11.9. The van der Waals surface area contributed by atoms with E-state index in [9.17, 15) is 14.7 Å². The van der Waals surface area contributed by atoms with E-state index in [0.717, 1.165) is 45.3 Å². The van der Waals surface area contributed by atoms with Gasteiger partial charge in [-0.3, -0.25) is 19.4 Å². The fourth-order valence-electron chi connectivity index (χ4n) is 3.47. The molecule has 0 aromatic carbocycles. The summed E-state index contributed by atoms with van der Waals surface area (Å²) < 4.78 is 0. The van der Waals surface area contributed by atoms with Crippen LogP contribution in [0.15, 0.2) is 0 Å². The van der Waals surface area contributed by atoms with Crippen molar-refractivity contribution in [2.24, 2.45) is 0 Å². The van der Waals surface area contributed by atoms with Crippen molar-refractivity contribution < 1.29 is 14.7 Å². The van der Waals surface area contributed by atoms with Crippen molar-refractivity contribution in [2.75, 3.05) is 26.7 Å². The zero-order chi connectivity index (χ0) is 14.7. The average molecular weight is 283 g/mol. The van der Waals surface area contributed by atoms with E-state index in [0.29, 0.717) is 6.04 Å². The Labute approximate surface area is 120 Å². The van der Waals surface area contributed by atoms with Crippen LogP contribution in [0.3, 0.4) is 0 Å². The third-order valence-corrected chi connectivity index (χ3v) is 4.72. The van der Waals surface area contributed by atoms with Gasteiger partial charge in [-0.25, -0.2) is 0 Å². The number of carbonyl (C=O) groups excluding carboxylic acids is 1. The summed E-state index contributed by atoms with van der Waals surface area (Å²) in [6, 6.07) is -0.0514. The highest BCUT2D eigenvalue weighted by Gasteiger charge is 2.37. The molecule has 2 N–H and O–H groups in total. The molecule has 0 spiro atoms. The van der Waals surface area contributed by atoms with E-state index in [-0.39, 0.29) is 18.0 Å². The van der Waals surface area contributed by atoms with Gasteiger partial charge in [0, 0.05) is 26.2 Å². The van der Waals surface area contributed by atoms with Gasteiger partial charge in [-0.1, -0.05) is 0 Å². The van der Waals surface area contributed by atoms with Gasteiger partial charge in [-0.15, -0.1) is 0 Å². The molecule has 20 heavy (non-hydrogen) atoms. The molecular weight excluding hydrogens is 258 g/mol. The van der Waals surface area contributed by atoms with Crippen molar-refractivity contribution in [1.29, 1.82) is 0 Å². The molecular formula is C14H25N3O3. The minimum Gasteiger partial charge on any atom is -0.480 e.